The highest BCUT2D eigenvalue weighted by molar-refractivity contribution is 5.85. The Labute approximate surface area is 178 Å². The topological polar surface area (TPSA) is 61.8 Å². The van der Waals surface area contributed by atoms with Crippen LogP contribution in [0.4, 0.5) is 0 Å². The third kappa shape index (κ3) is 3.38. The molecule has 0 aliphatic rings. The first-order chi connectivity index (χ1) is 15.1. The van der Waals surface area contributed by atoms with Crippen LogP contribution in [0, 0.1) is 6.92 Å². The zero-order valence-electron chi connectivity index (χ0n) is 17.0. The fourth-order valence-electron chi connectivity index (χ4n) is 3.90. The Kier molecular flexibility index (Phi) is 4.59. The molecule has 0 bridgehead atoms. The molecule has 0 saturated carbocycles. The van der Waals surface area contributed by atoms with E-state index in [4.69, 9.17) is 0 Å². The standard InChI is InChI=1S/C25H20N4O2/c1-18-15-27(16-19-8-4-2-5-9-19)23-13-12-21(14-22(18)23)28-17-26-24(30)29(25(28)31)20-10-6-3-7-11-20/h2-15,17H,16H2,1H3. The molecule has 0 saturated heterocycles. The zero-order valence-corrected chi connectivity index (χ0v) is 17.0. The summed E-state index contributed by atoms with van der Waals surface area (Å²) in [6, 6.07) is 25.0. The van der Waals surface area contributed by atoms with Crippen molar-refractivity contribution in [2.45, 2.75) is 13.5 Å². The van der Waals surface area contributed by atoms with Crippen LogP contribution in [0.15, 0.2) is 101 Å². The molecule has 0 radical (unpaired) electrons. The van der Waals surface area contributed by atoms with Crippen molar-refractivity contribution in [1.82, 2.24) is 18.7 Å². The highest BCUT2D eigenvalue weighted by atomic mass is 16.2. The molecular weight excluding hydrogens is 388 g/mol. The van der Waals surface area contributed by atoms with Crippen LogP contribution in [0.3, 0.4) is 0 Å². The van der Waals surface area contributed by atoms with Gasteiger partial charge in [-0.25, -0.2) is 14.2 Å². The molecule has 0 amide bonds. The van der Waals surface area contributed by atoms with E-state index in [1.54, 1.807) is 24.3 Å². The molecule has 2 aromatic heterocycles. The number of hydrogen-bond acceptors (Lipinski definition) is 3. The largest absolute Gasteiger partial charge is 0.357 e. The van der Waals surface area contributed by atoms with Crippen molar-refractivity contribution in [1.29, 1.82) is 0 Å². The maximum absolute atomic E-state index is 13.1. The van der Waals surface area contributed by atoms with Gasteiger partial charge in [0, 0.05) is 23.6 Å². The van der Waals surface area contributed by atoms with E-state index in [9.17, 15) is 9.59 Å². The average Bonchev–Trinajstić information content (AvgIpc) is 3.10. The molecule has 5 aromatic rings. The van der Waals surface area contributed by atoms with Gasteiger partial charge < -0.3 is 4.57 Å². The van der Waals surface area contributed by atoms with Crippen molar-refractivity contribution in [3.05, 3.63) is 123 Å². The minimum Gasteiger partial charge on any atom is -0.343 e. The predicted molar refractivity (Wildman–Crippen MR) is 121 cm³/mol. The van der Waals surface area contributed by atoms with Gasteiger partial charge in [0.1, 0.15) is 6.33 Å². The molecule has 0 fully saturated rings. The molecule has 31 heavy (non-hydrogen) atoms. The molecule has 0 atom stereocenters. The van der Waals surface area contributed by atoms with Crippen LogP contribution in [0.5, 0.6) is 0 Å². The van der Waals surface area contributed by atoms with Gasteiger partial charge in [-0.05, 0) is 48.4 Å². The van der Waals surface area contributed by atoms with Crippen LogP contribution < -0.4 is 11.4 Å². The SMILES string of the molecule is Cc1cn(Cc2ccccc2)c2ccc(-n3cnc(=O)n(-c4ccccc4)c3=O)cc12. The summed E-state index contributed by atoms with van der Waals surface area (Å²) in [5, 5.41) is 1.05. The summed E-state index contributed by atoms with van der Waals surface area (Å²) in [5.41, 5.74) is 3.53. The lowest BCUT2D eigenvalue weighted by Gasteiger charge is -2.10. The van der Waals surface area contributed by atoms with Crippen LogP contribution >= 0.6 is 0 Å². The third-order valence-corrected chi connectivity index (χ3v) is 5.42. The Balaban J connectivity index is 1.62. The maximum Gasteiger partial charge on any atom is 0.357 e. The van der Waals surface area contributed by atoms with Gasteiger partial charge in [-0.15, -0.1) is 0 Å². The number of para-hydroxylation sites is 1. The molecule has 6 heteroatoms. The lowest BCUT2D eigenvalue weighted by molar-refractivity contribution is 0.746. The number of aromatic nitrogens is 4. The minimum atomic E-state index is -0.598. The zero-order chi connectivity index (χ0) is 21.4. The Morgan fingerprint density at radius 2 is 1.55 bits per heavy atom. The number of hydrogen-bond donors (Lipinski definition) is 0. The highest BCUT2D eigenvalue weighted by Crippen LogP contribution is 2.24. The summed E-state index contributed by atoms with van der Waals surface area (Å²) < 4.78 is 4.69. The molecule has 0 unspecified atom stereocenters. The third-order valence-electron chi connectivity index (χ3n) is 5.42. The maximum atomic E-state index is 13.1. The van der Waals surface area contributed by atoms with Crippen molar-refractivity contribution in [2.75, 3.05) is 0 Å². The number of fused-ring (bicyclic) bond motifs is 1. The van der Waals surface area contributed by atoms with Gasteiger partial charge >= 0.3 is 11.4 Å². The summed E-state index contributed by atoms with van der Waals surface area (Å²) in [6.07, 6.45) is 3.41. The minimum absolute atomic E-state index is 0.452. The van der Waals surface area contributed by atoms with E-state index in [2.05, 4.69) is 34.8 Å². The van der Waals surface area contributed by atoms with Crippen molar-refractivity contribution in [3.8, 4) is 11.4 Å². The second kappa shape index (κ2) is 7.57. The molecule has 0 aliphatic carbocycles. The van der Waals surface area contributed by atoms with Crippen LogP contribution in [-0.2, 0) is 6.54 Å². The van der Waals surface area contributed by atoms with Gasteiger partial charge in [0.05, 0.1) is 11.4 Å². The molecule has 0 aliphatic heterocycles. The van der Waals surface area contributed by atoms with E-state index in [-0.39, 0.29) is 0 Å². The second-order valence-corrected chi connectivity index (χ2v) is 7.48. The lowest BCUT2D eigenvalue weighted by atomic mass is 10.1. The van der Waals surface area contributed by atoms with Crippen molar-refractivity contribution < 1.29 is 0 Å². The molecule has 3 aromatic carbocycles. The van der Waals surface area contributed by atoms with Crippen LogP contribution in [-0.4, -0.2) is 18.7 Å². The van der Waals surface area contributed by atoms with E-state index < -0.39 is 11.4 Å². The summed E-state index contributed by atoms with van der Waals surface area (Å²) in [4.78, 5) is 29.4. The number of benzene rings is 3. The second-order valence-electron chi connectivity index (χ2n) is 7.48. The lowest BCUT2D eigenvalue weighted by Crippen LogP contribution is -2.39. The van der Waals surface area contributed by atoms with E-state index >= 15 is 0 Å². The van der Waals surface area contributed by atoms with Crippen LogP contribution in [0.2, 0.25) is 0 Å². The summed E-state index contributed by atoms with van der Waals surface area (Å²) >= 11 is 0. The Bertz CT molecular complexity index is 1500. The van der Waals surface area contributed by atoms with Crippen molar-refractivity contribution >= 4 is 10.9 Å². The highest BCUT2D eigenvalue weighted by Gasteiger charge is 2.12. The summed E-state index contributed by atoms with van der Waals surface area (Å²) in [5.74, 6) is 0. The fourth-order valence-corrected chi connectivity index (χ4v) is 3.90. The van der Waals surface area contributed by atoms with Gasteiger partial charge in [0.25, 0.3) is 0 Å². The fraction of sp³-hybridized carbons (Fsp3) is 0.0800. The molecule has 0 spiro atoms. The smallest absolute Gasteiger partial charge is 0.343 e. The number of rotatable bonds is 4. The molecule has 152 valence electrons. The Hall–Kier alpha value is -4.19. The summed E-state index contributed by atoms with van der Waals surface area (Å²) in [7, 11) is 0. The quantitative estimate of drug-likeness (QED) is 0.456. The molecule has 6 nitrogen and oxygen atoms in total. The summed E-state index contributed by atoms with van der Waals surface area (Å²) in [6.45, 7) is 2.82. The van der Waals surface area contributed by atoms with Gasteiger partial charge in [-0.2, -0.15) is 4.98 Å². The molecule has 5 rings (SSSR count). The van der Waals surface area contributed by atoms with Crippen LogP contribution in [0.25, 0.3) is 22.3 Å². The molecule has 2 heterocycles. The average molecular weight is 408 g/mol. The van der Waals surface area contributed by atoms with Crippen LogP contribution in [0.1, 0.15) is 11.1 Å². The number of nitrogens with zero attached hydrogens (tertiary/aromatic N) is 4. The van der Waals surface area contributed by atoms with Gasteiger partial charge in [0.15, 0.2) is 0 Å². The number of aryl methyl sites for hydroxylation is 1. The first-order valence-corrected chi connectivity index (χ1v) is 10.0. The van der Waals surface area contributed by atoms with Gasteiger partial charge in [-0.3, -0.25) is 4.57 Å². The van der Waals surface area contributed by atoms with Crippen molar-refractivity contribution in [3.63, 3.8) is 0 Å². The normalized spacial score (nSPS) is 11.1. The van der Waals surface area contributed by atoms with E-state index in [1.165, 1.54) is 16.5 Å². The monoisotopic (exact) mass is 408 g/mol. The van der Waals surface area contributed by atoms with Gasteiger partial charge in [0.2, 0.25) is 0 Å². The van der Waals surface area contributed by atoms with E-state index in [0.717, 1.165) is 27.6 Å². The van der Waals surface area contributed by atoms with Crippen molar-refractivity contribution in [2.24, 2.45) is 0 Å². The van der Waals surface area contributed by atoms with E-state index in [0.29, 0.717) is 11.4 Å². The Morgan fingerprint density at radius 1 is 0.839 bits per heavy atom. The first-order valence-electron chi connectivity index (χ1n) is 10.0. The van der Waals surface area contributed by atoms with Gasteiger partial charge in [-0.1, -0.05) is 48.5 Å². The predicted octanol–water partition coefficient (Wildman–Crippen LogP) is 3.69. The first kappa shape index (κ1) is 18.8. The molecular formula is C25H20N4O2. The Morgan fingerprint density at radius 3 is 2.29 bits per heavy atom. The molecule has 0 N–H and O–H groups in total. The van der Waals surface area contributed by atoms with E-state index in [1.807, 2.05) is 42.5 Å².